The highest BCUT2D eigenvalue weighted by Gasteiger charge is 2.46. The van der Waals surface area contributed by atoms with E-state index in [1.54, 1.807) is 0 Å². The number of hydrogen-bond acceptors (Lipinski definition) is 3. The Morgan fingerprint density at radius 1 is 0.531 bits per heavy atom. The molecule has 0 saturated heterocycles. The van der Waals surface area contributed by atoms with Crippen LogP contribution in [-0.2, 0) is 8.54 Å². The molecule has 0 saturated carbocycles. The third-order valence-electron chi connectivity index (χ3n) is 8.69. The van der Waals surface area contributed by atoms with Crippen LogP contribution in [0.15, 0.2) is 0 Å². The first kappa shape index (κ1) is 33.0. The van der Waals surface area contributed by atoms with Crippen LogP contribution in [-0.4, -0.2) is 59.3 Å². The van der Waals surface area contributed by atoms with Crippen molar-refractivity contribution < 1.29 is 8.54 Å². The molecule has 0 aromatic rings. The van der Waals surface area contributed by atoms with Gasteiger partial charge in [-0.25, -0.2) is 0 Å². The molecule has 0 rings (SSSR count). The highest BCUT2D eigenvalue weighted by Crippen LogP contribution is 2.36. The summed E-state index contributed by atoms with van der Waals surface area (Å²) in [6.45, 7) is 30.8. The molecule has 0 amide bonds. The van der Waals surface area contributed by atoms with E-state index in [9.17, 15) is 0 Å². The Kier molecular flexibility index (Phi) is 14.3. The standard InChI is InChI=1S/C24H61NO2Si5/c1-14-31(15-2,16-3)25(32(17-4,18-5)19-6)21-20-22-29(10,11)27-30(12,13)24-23-28(8,9)26-7/h14-24H2,1-13H3. The Hall–Kier alpha value is 0.964. The summed E-state index contributed by atoms with van der Waals surface area (Å²) in [5, 5.41) is 0. The fourth-order valence-corrected chi connectivity index (χ4v) is 32.1. The average Bonchev–Trinajstić information content (AvgIpc) is 2.74. The smallest absolute Gasteiger partial charge is 0.186 e. The van der Waals surface area contributed by atoms with E-state index in [0.29, 0.717) is 0 Å². The molecule has 0 spiro atoms. The molecule has 3 nitrogen and oxygen atoms in total. The minimum absolute atomic E-state index is 1.23. The predicted octanol–water partition coefficient (Wildman–Crippen LogP) is 8.97. The van der Waals surface area contributed by atoms with Gasteiger partial charge in [-0.1, -0.05) is 41.5 Å². The molecule has 0 aliphatic carbocycles. The van der Waals surface area contributed by atoms with E-state index in [1.165, 1.54) is 67.4 Å². The van der Waals surface area contributed by atoms with Gasteiger partial charge in [0.15, 0.2) is 25.0 Å². The molecule has 32 heavy (non-hydrogen) atoms. The van der Waals surface area contributed by atoms with Crippen molar-refractivity contribution in [3.05, 3.63) is 0 Å². The van der Waals surface area contributed by atoms with E-state index in [0.717, 1.165) is 0 Å². The summed E-state index contributed by atoms with van der Waals surface area (Å²) in [7, 11) is -5.61. The minimum Gasteiger partial charge on any atom is -0.456 e. The third-order valence-corrected chi connectivity index (χ3v) is 32.7. The van der Waals surface area contributed by atoms with Gasteiger partial charge in [-0.3, -0.25) is 0 Å². The highest BCUT2D eigenvalue weighted by atomic mass is 28.4. The van der Waals surface area contributed by atoms with Crippen molar-refractivity contribution in [2.45, 2.75) is 142 Å². The van der Waals surface area contributed by atoms with Crippen LogP contribution < -0.4 is 0 Å². The molecule has 0 atom stereocenters. The number of nitrogens with zero attached hydrogens (tertiary/aromatic N) is 1. The van der Waals surface area contributed by atoms with Crippen molar-refractivity contribution in [1.82, 2.24) is 4.23 Å². The molecule has 0 unspecified atom stereocenters. The van der Waals surface area contributed by atoms with E-state index in [1.807, 2.05) is 7.11 Å². The van der Waals surface area contributed by atoms with Gasteiger partial charge < -0.3 is 12.8 Å². The van der Waals surface area contributed by atoms with Gasteiger partial charge in [-0.2, -0.15) is 0 Å². The van der Waals surface area contributed by atoms with Crippen molar-refractivity contribution in [2.24, 2.45) is 0 Å². The summed E-state index contributed by atoms with van der Waals surface area (Å²) in [5.74, 6) is 0. The maximum absolute atomic E-state index is 7.02. The minimum atomic E-state index is -1.65. The maximum atomic E-state index is 7.02. The van der Waals surface area contributed by atoms with Gasteiger partial charge in [0.1, 0.15) is 16.5 Å². The molecule has 0 aromatic carbocycles. The SMILES string of the molecule is CC[Si](CC)(CC)N(CCC[Si](C)(C)O[Si](C)(C)CC[Si](C)(C)OC)[Si](CC)(CC)CC. The Bertz CT molecular complexity index is 484. The molecule has 8 heteroatoms. The lowest BCUT2D eigenvalue weighted by atomic mass is 10.5. The van der Waals surface area contributed by atoms with E-state index in [-0.39, 0.29) is 0 Å². The molecular formula is C24H61NO2Si5. The van der Waals surface area contributed by atoms with Gasteiger partial charge in [0.25, 0.3) is 0 Å². The topological polar surface area (TPSA) is 21.7 Å². The van der Waals surface area contributed by atoms with Crippen molar-refractivity contribution in [3.8, 4) is 0 Å². The summed E-state index contributed by atoms with van der Waals surface area (Å²) < 4.78 is 16.1. The van der Waals surface area contributed by atoms with Gasteiger partial charge in [0, 0.05) is 7.11 Å². The monoisotopic (exact) mass is 535 g/mol. The zero-order valence-electron chi connectivity index (χ0n) is 24.5. The van der Waals surface area contributed by atoms with Crippen LogP contribution in [0.3, 0.4) is 0 Å². The first-order valence-corrected chi connectivity index (χ1v) is 28.2. The second-order valence-corrected chi connectivity index (χ2v) is 35.9. The Labute approximate surface area is 209 Å². The Morgan fingerprint density at radius 2 is 0.875 bits per heavy atom. The molecule has 0 bridgehead atoms. The molecule has 0 heterocycles. The molecule has 0 fully saturated rings. The molecule has 0 aliphatic rings. The maximum Gasteiger partial charge on any atom is 0.186 e. The molecule has 0 N–H and O–H groups in total. The van der Waals surface area contributed by atoms with Gasteiger partial charge in [-0.15, -0.1) is 0 Å². The Balaban J connectivity index is 5.38. The van der Waals surface area contributed by atoms with Crippen LogP contribution in [0.4, 0.5) is 0 Å². The average molecular weight is 536 g/mol. The summed E-state index contributed by atoms with van der Waals surface area (Å²) in [6, 6.07) is 12.3. The fraction of sp³-hybridized carbons (Fsp3) is 1.00. The second-order valence-electron chi connectivity index (χ2n) is 11.9. The van der Waals surface area contributed by atoms with Crippen LogP contribution in [0.1, 0.15) is 48.0 Å². The van der Waals surface area contributed by atoms with Crippen molar-refractivity contribution in [3.63, 3.8) is 0 Å². The van der Waals surface area contributed by atoms with E-state index in [2.05, 4.69) is 85.1 Å². The van der Waals surface area contributed by atoms with Crippen LogP contribution in [0.2, 0.25) is 93.7 Å². The fourth-order valence-electron chi connectivity index (χ4n) is 5.84. The first-order valence-electron chi connectivity index (χ1n) is 13.7. The summed E-state index contributed by atoms with van der Waals surface area (Å²) in [5.41, 5.74) is 0. The predicted molar refractivity (Wildman–Crippen MR) is 161 cm³/mol. The van der Waals surface area contributed by atoms with Crippen molar-refractivity contribution in [1.29, 1.82) is 0 Å². The van der Waals surface area contributed by atoms with E-state index < -0.39 is 41.4 Å². The van der Waals surface area contributed by atoms with Gasteiger partial charge >= 0.3 is 0 Å². The van der Waals surface area contributed by atoms with E-state index >= 15 is 0 Å². The normalized spacial score (nSPS) is 14.4. The molecule has 194 valence electrons. The van der Waals surface area contributed by atoms with Crippen LogP contribution in [0.5, 0.6) is 0 Å². The number of rotatable bonds is 18. The lowest BCUT2D eigenvalue weighted by Gasteiger charge is -2.52. The van der Waals surface area contributed by atoms with Gasteiger partial charge in [-0.05, 0) is 107 Å². The molecule has 0 aromatic heterocycles. The van der Waals surface area contributed by atoms with Gasteiger partial charge in [0.2, 0.25) is 0 Å². The summed E-state index contributed by atoms with van der Waals surface area (Å²) in [4.78, 5) is 0. The second kappa shape index (κ2) is 13.9. The van der Waals surface area contributed by atoms with Crippen LogP contribution in [0, 0.1) is 0 Å². The molecular weight excluding hydrogens is 475 g/mol. The lowest BCUT2D eigenvalue weighted by Crippen LogP contribution is -2.66. The zero-order valence-corrected chi connectivity index (χ0v) is 29.5. The van der Waals surface area contributed by atoms with Crippen LogP contribution in [0.25, 0.3) is 0 Å². The van der Waals surface area contributed by atoms with Crippen molar-refractivity contribution >= 4 is 41.4 Å². The Morgan fingerprint density at radius 3 is 1.22 bits per heavy atom. The quantitative estimate of drug-likeness (QED) is 0.163. The first-order chi connectivity index (χ1) is 14.7. The van der Waals surface area contributed by atoms with Crippen molar-refractivity contribution in [2.75, 3.05) is 13.7 Å². The largest absolute Gasteiger partial charge is 0.456 e. The summed E-state index contributed by atoms with van der Waals surface area (Å²) >= 11 is 0. The summed E-state index contributed by atoms with van der Waals surface area (Å²) in [6.07, 6.45) is 1.34. The number of hydrogen-bond donors (Lipinski definition) is 0. The molecule has 0 aliphatic heterocycles. The van der Waals surface area contributed by atoms with Gasteiger partial charge in [0.05, 0.1) is 0 Å². The molecule has 0 radical (unpaired) electrons. The van der Waals surface area contributed by atoms with E-state index in [4.69, 9.17) is 8.54 Å². The highest BCUT2D eigenvalue weighted by molar-refractivity contribution is 6.92. The zero-order chi connectivity index (χ0) is 25.3. The third kappa shape index (κ3) is 9.55. The lowest BCUT2D eigenvalue weighted by molar-refractivity contribution is 0.404. The van der Waals surface area contributed by atoms with Crippen LogP contribution >= 0.6 is 0 Å².